The van der Waals surface area contributed by atoms with Crippen molar-refractivity contribution in [2.75, 3.05) is 19.7 Å². The summed E-state index contributed by atoms with van der Waals surface area (Å²) in [6.07, 6.45) is 0.00713. The van der Waals surface area contributed by atoms with E-state index >= 15 is 0 Å². The number of hydrogen-bond donors (Lipinski definition) is 2. The van der Waals surface area contributed by atoms with Crippen molar-refractivity contribution in [3.05, 3.63) is 0 Å². The van der Waals surface area contributed by atoms with Crippen molar-refractivity contribution in [3.63, 3.8) is 0 Å². The molecule has 0 aliphatic carbocycles. The van der Waals surface area contributed by atoms with E-state index in [1.54, 1.807) is 27.7 Å². The van der Waals surface area contributed by atoms with Crippen LogP contribution in [0.15, 0.2) is 0 Å². The Kier molecular flexibility index (Phi) is 6.86. The molecule has 0 radical (unpaired) electrons. The van der Waals surface area contributed by atoms with E-state index in [2.05, 4.69) is 0 Å². The van der Waals surface area contributed by atoms with E-state index in [1.165, 1.54) is 4.90 Å². The van der Waals surface area contributed by atoms with Crippen LogP contribution in [0, 0.1) is 0 Å². The van der Waals surface area contributed by atoms with Gasteiger partial charge in [0.2, 0.25) is 0 Å². The zero-order valence-corrected chi connectivity index (χ0v) is 11.6. The summed E-state index contributed by atoms with van der Waals surface area (Å²) in [6.45, 7) is 6.99. The number of ether oxygens (including phenoxy) is 1. The van der Waals surface area contributed by atoms with E-state index in [-0.39, 0.29) is 0 Å². The zero-order chi connectivity index (χ0) is 14.3. The maximum absolute atomic E-state index is 12.0. The van der Waals surface area contributed by atoms with Crippen LogP contribution in [0.4, 0.5) is 4.79 Å². The van der Waals surface area contributed by atoms with Gasteiger partial charge in [-0.05, 0) is 40.7 Å². The summed E-state index contributed by atoms with van der Waals surface area (Å²) in [5.74, 6) is -0.419. The number of carbonyl (C=O) groups is 2. The van der Waals surface area contributed by atoms with Gasteiger partial charge < -0.3 is 15.6 Å². The second-order valence-electron chi connectivity index (χ2n) is 5.12. The standard InChI is InChI=1S/C12H24N2O4/c1-9(10(16)8-15)14(7-5-6-13)11(17)18-12(2,3)4/h9,15H,5-8,13H2,1-4H3/t9-/m1/s1. The Balaban J connectivity index is 4.76. The van der Waals surface area contributed by atoms with Crippen molar-refractivity contribution in [3.8, 4) is 0 Å². The van der Waals surface area contributed by atoms with Gasteiger partial charge in [0.1, 0.15) is 12.2 Å². The topological polar surface area (TPSA) is 92.9 Å². The molecule has 0 heterocycles. The summed E-state index contributed by atoms with van der Waals surface area (Å²) >= 11 is 0. The Morgan fingerprint density at radius 1 is 1.39 bits per heavy atom. The third kappa shape index (κ3) is 5.97. The van der Waals surface area contributed by atoms with Crippen LogP contribution in [0.1, 0.15) is 34.1 Å². The van der Waals surface area contributed by atoms with E-state index in [4.69, 9.17) is 15.6 Å². The molecule has 0 aromatic carbocycles. The first kappa shape index (κ1) is 16.9. The van der Waals surface area contributed by atoms with E-state index < -0.39 is 30.1 Å². The Morgan fingerprint density at radius 2 is 1.94 bits per heavy atom. The van der Waals surface area contributed by atoms with Crippen LogP contribution < -0.4 is 5.73 Å². The summed E-state index contributed by atoms with van der Waals surface area (Å²) < 4.78 is 5.23. The fourth-order valence-corrected chi connectivity index (χ4v) is 1.33. The Labute approximate surface area is 108 Å². The molecule has 0 rings (SSSR count). The summed E-state index contributed by atoms with van der Waals surface area (Å²) in [5.41, 5.74) is 4.77. The molecule has 0 saturated carbocycles. The summed E-state index contributed by atoms with van der Waals surface area (Å²) in [4.78, 5) is 24.7. The molecule has 1 amide bonds. The Bertz CT molecular complexity index is 286. The van der Waals surface area contributed by atoms with Gasteiger partial charge in [-0.1, -0.05) is 0 Å². The Hall–Kier alpha value is -1.14. The number of Topliss-reactive ketones (excluding diaryl/α,β-unsaturated/α-hetero) is 1. The lowest BCUT2D eigenvalue weighted by Crippen LogP contribution is -2.47. The molecule has 106 valence electrons. The summed E-state index contributed by atoms with van der Waals surface area (Å²) in [6, 6.07) is -0.712. The largest absolute Gasteiger partial charge is 0.444 e. The molecule has 0 aliphatic heterocycles. The number of rotatable bonds is 6. The second kappa shape index (κ2) is 7.33. The third-order valence-electron chi connectivity index (χ3n) is 2.32. The van der Waals surface area contributed by atoms with Crippen molar-refractivity contribution in [1.29, 1.82) is 0 Å². The molecule has 0 unspecified atom stereocenters. The number of aliphatic hydroxyl groups excluding tert-OH is 1. The van der Waals surface area contributed by atoms with Crippen molar-refractivity contribution in [1.82, 2.24) is 4.90 Å². The molecule has 18 heavy (non-hydrogen) atoms. The minimum atomic E-state index is -0.712. The zero-order valence-electron chi connectivity index (χ0n) is 11.6. The first-order chi connectivity index (χ1) is 8.22. The van der Waals surface area contributed by atoms with Crippen LogP contribution in [-0.2, 0) is 9.53 Å². The lowest BCUT2D eigenvalue weighted by molar-refractivity contribution is -0.126. The molecule has 0 aromatic rings. The maximum atomic E-state index is 12.0. The van der Waals surface area contributed by atoms with Gasteiger partial charge in [0.25, 0.3) is 0 Å². The number of carbonyl (C=O) groups excluding carboxylic acids is 2. The number of amides is 1. The number of nitrogens with zero attached hydrogens (tertiary/aromatic N) is 1. The molecule has 6 heteroatoms. The molecule has 1 atom stereocenters. The highest BCUT2D eigenvalue weighted by molar-refractivity contribution is 5.87. The predicted molar refractivity (Wildman–Crippen MR) is 68.2 cm³/mol. The lowest BCUT2D eigenvalue weighted by Gasteiger charge is -2.30. The van der Waals surface area contributed by atoms with Crippen molar-refractivity contribution >= 4 is 11.9 Å². The van der Waals surface area contributed by atoms with Gasteiger partial charge in [-0.15, -0.1) is 0 Å². The highest BCUT2D eigenvalue weighted by Gasteiger charge is 2.28. The molecule has 0 aliphatic rings. The molecule has 0 aromatic heterocycles. The predicted octanol–water partition coefficient (Wildman–Crippen LogP) is 0.522. The summed E-state index contributed by atoms with van der Waals surface area (Å²) in [5, 5.41) is 8.84. The molecule has 0 spiro atoms. The Morgan fingerprint density at radius 3 is 2.33 bits per heavy atom. The summed E-state index contributed by atoms with van der Waals surface area (Å²) in [7, 11) is 0. The SMILES string of the molecule is C[C@H](C(=O)CO)N(CCCN)C(=O)OC(C)(C)C. The molecule has 0 bridgehead atoms. The van der Waals surface area contributed by atoms with Gasteiger partial charge in [-0.2, -0.15) is 0 Å². The molecule has 3 N–H and O–H groups in total. The van der Waals surface area contributed by atoms with E-state index in [9.17, 15) is 9.59 Å². The fourth-order valence-electron chi connectivity index (χ4n) is 1.33. The molecular weight excluding hydrogens is 236 g/mol. The number of ketones is 1. The van der Waals surface area contributed by atoms with Gasteiger partial charge in [0.15, 0.2) is 5.78 Å². The minimum absolute atomic E-state index is 0.332. The van der Waals surface area contributed by atoms with E-state index in [1.807, 2.05) is 0 Å². The number of nitrogens with two attached hydrogens (primary N) is 1. The first-order valence-electron chi connectivity index (χ1n) is 6.06. The monoisotopic (exact) mass is 260 g/mol. The average molecular weight is 260 g/mol. The van der Waals surface area contributed by atoms with Crippen molar-refractivity contribution in [2.45, 2.75) is 45.8 Å². The third-order valence-corrected chi connectivity index (χ3v) is 2.32. The first-order valence-corrected chi connectivity index (χ1v) is 6.06. The van der Waals surface area contributed by atoms with E-state index in [0.717, 1.165) is 0 Å². The molecule has 6 nitrogen and oxygen atoms in total. The average Bonchev–Trinajstić information content (AvgIpc) is 2.25. The highest BCUT2D eigenvalue weighted by Crippen LogP contribution is 2.12. The van der Waals surface area contributed by atoms with Gasteiger partial charge in [-0.3, -0.25) is 9.69 Å². The van der Waals surface area contributed by atoms with Crippen LogP contribution in [0.3, 0.4) is 0 Å². The van der Waals surface area contributed by atoms with Crippen LogP contribution in [0.2, 0.25) is 0 Å². The van der Waals surface area contributed by atoms with Gasteiger partial charge in [0.05, 0.1) is 6.04 Å². The van der Waals surface area contributed by atoms with Gasteiger partial charge >= 0.3 is 6.09 Å². The van der Waals surface area contributed by atoms with Crippen LogP contribution in [0.5, 0.6) is 0 Å². The minimum Gasteiger partial charge on any atom is -0.444 e. The number of aliphatic hydroxyl groups is 1. The normalized spacial score (nSPS) is 13.0. The highest BCUT2D eigenvalue weighted by atomic mass is 16.6. The van der Waals surface area contributed by atoms with Gasteiger partial charge in [-0.25, -0.2) is 4.79 Å². The smallest absolute Gasteiger partial charge is 0.410 e. The fraction of sp³-hybridized carbons (Fsp3) is 0.833. The van der Waals surface area contributed by atoms with Crippen molar-refractivity contribution in [2.24, 2.45) is 5.73 Å². The van der Waals surface area contributed by atoms with Crippen LogP contribution in [-0.4, -0.2) is 53.2 Å². The second-order valence-corrected chi connectivity index (χ2v) is 5.12. The molecule has 0 saturated heterocycles. The van der Waals surface area contributed by atoms with Crippen LogP contribution >= 0.6 is 0 Å². The lowest BCUT2D eigenvalue weighted by atomic mass is 10.2. The van der Waals surface area contributed by atoms with Crippen LogP contribution in [0.25, 0.3) is 0 Å². The maximum Gasteiger partial charge on any atom is 0.410 e. The number of hydrogen-bond acceptors (Lipinski definition) is 5. The molecular formula is C12H24N2O4. The quantitative estimate of drug-likeness (QED) is 0.726. The van der Waals surface area contributed by atoms with Gasteiger partial charge in [0, 0.05) is 6.54 Å². The van der Waals surface area contributed by atoms with E-state index in [0.29, 0.717) is 19.5 Å². The molecule has 0 fully saturated rings. The van der Waals surface area contributed by atoms with Crippen molar-refractivity contribution < 1.29 is 19.4 Å².